The van der Waals surface area contributed by atoms with Gasteiger partial charge in [0.25, 0.3) is 0 Å². The van der Waals surface area contributed by atoms with Gasteiger partial charge in [-0.1, -0.05) is 34.1 Å². The average Bonchev–Trinajstić information content (AvgIpc) is 3.43. The smallest absolute Gasteiger partial charge is 0.306 e. The van der Waals surface area contributed by atoms with Crippen LogP contribution in [0.15, 0.2) is 0 Å². The quantitative estimate of drug-likeness (QED) is 0.259. The zero-order valence-corrected chi connectivity index (χ0v) is 23.9. The molecule has 38 heavy (non-hydrogen) atoms. The molecule has 2 aliphatic carbocycles. The van der Waals surface area contributed by atoms with Gasteiger partial charge in [0.1, 0.15) is 5.78 Å². The normalized spacial score (nSPS) is 24.8. The molecule has 3 fully saturated rings. The lowest BCUT2D eigenvalue weighted by molar-refractivity contribution is -0.155. The number of hydrogen-bond acceptors (Lipinski definition) is 7. The van der Waals surface area contributed by atoms with Crippen molar-refractivity contribution in [3.8, 4) is 0 Å². The first-order valence-corrected chi connectivity index (χ1v) is 14.4. The lowest BCUT2D eigenvalue weighted by atomic mass is 9.77. The van der Waals surface area contributed by atoms with Gasteiger partial charge >= 0.3 is 5.97 Å². The summed E-state index contributed by atoms with van der Waals surface area (Å²) in [5.74, 6) is -3.74. The van der Waals surface area contributed by atoms with E-state index in [2.05, 4.69) is 0 Å². The fraction of sp³-hybridized carbons (Fsp3) is 0.800. The average molecular weight is 532 g/mol. The van der Waals surface area contributed by atoms with E-state index in [9.17, 15) is 28.8 Å². The first kappa shape index (κ1) is 30.2. The van der Waals surface area contributed by atoms with Crippen LogP contribution in [0, 0.1) is 35.0 Å². The summed E-state index contributed by atoms with van der Waals surface area (Å²) in [5.41, 5.74) is -0.585. The van der Waals surface area contributed by atoms with Crippen molar-refractivity contribution in [2.24, 2.45) is 35.0 Å². The molecule has 0 spiro atoms. The van der Waals surface area contributed by atoms with E-state index in [1.807, 2.05) is 27.7 Å². The Bertz CT molecular complexity index is 958. The molecule has 0 bridgehead atoms. The van der Waals surface area contributed by atoms with E-state index >= 15 is 0 Å². The Morgan fingerprint density at radius 3 is 2.24 bits per heavy atom. The number of carbonyl (C=O) groups is 6. The van der Waals surface area contributed by atoms with Crippen molar-refractivity contribution in [2.45, 2.75) is 111 Å². The first-order valence-electron chi connectivity index (χ1n) is 14.4. The molecule has 3 aliphatic rings. The van der Waals surface area contributed by atoms with Crippen molar-refractivity contribution in [1.82, 2.24) is 4.90 Å². The summed E-state index contributed by atoms with van der Waals surface area (Å²) in [6.45, 7) is 11.2. The molecule has 1 saturated heterocycles. The second kappa shape index (κ2) is 12.2. The molecular weight excluding hydrogens is 486 g/mol. The monoisotopic (exact) mass is 531 g/mol. The standard InChI is InChI=1S/C30H45NO7/c1-7-8-19(28(36)25(34)13-18-9-10-18)14-24(33)27-20-11-12-23(32)21(20)16-31(27)29(37)22(30(4,5)6)15-26(35)38-17(2)3/h17-22,27H,7-16H2,1-6H3/t19?,20-,21-,22+,27-/m0/s1. The van der Waals surface area contributed by atoms with Gasteiger partial charge < -0.3 is 9.64 Å². The number of likely N-dealkylation sites (tertiary alicyclic amines) is 1. The highest BCUT2D eigenvalue weighted by molar-refractivity contribution is 6.38. The maximum Gasteiger partial charge on any atom is 0.306 e. The highest BCUT2D eigenvalue weighted by atomic mass is 16.5. The van der Waals surface area contributed by atoms with Gasteiger partial charge in [0, 0.05) is 37.6 Å². The van der Waals surface area contributed by atoms with Gasteiger partial charge in [-0.2, -0.15) is 0 Å². The Kier molecular flexibility index (Phi) is 9.69. The second-order valence-corrected chi connectivity index (χ2v) is 13.0. The number of ketones is 4. The molecule has 1 amide bonds. The molecule has 2 saturated carbocycles. The minimum absolute atomic E-state index is 0.0513. The minimum atomic E-state index is -0.824. The number of amides is 1. The topological polar surface area (TPSA) is 115 Å². The van der Waals surface area contributed by atoms with Gasteiger partial charge in [-0.05, 0) is 56.8 Å². The summed E-state index contributed by atoms with van der Waals surface area (Å²) < 4.78 is 5.31. The van der Waals surface area contributed by atoms with Crippen LogP contribution in [-0.4, -0.2) is 58.6 Å². The molecule has 1 heterocycles. The van der Waals surface area contributed by atoms with Crippen LogP contribution in [0.5, 0.6) is 0 Å². The molecule has 0 N–H and O–H groups in total. The van der Waals surface area contributed by atoms with Crippen LogP contribution >= 0.6 is 0 Å². The predicted octanol–water partition coefficient (Wildman–Crippen LogP) is 4.11. The number of fused-ring (bicyclic) bond motifs is 1. The van der Waals surface area contributed by atoms with E-state index in [-0.39, 0.29) is 61.2 Å². The van der Waals surface area contributed by atoms with Crippen molar-refractivity contribution in [3.63, 3.8) is 0 Å². The molecular formula is C30H45NO7. The summed E-state index contributed by atoms with van der Waals surface area (Å²) >= 11 is 0. The minimum Gasteiger partial charge on any atom is -0.463 e. The molecule has 8 nitrogen and oxygen atoms in total. The van der Waals surface area contributed by atoms with Crippen molar-refractivity contribution in [1.29, 1.82) is 0 Å². The fourth-order valence-electron chi connectivity index (χ4n) is 6.14. The molecule has 3 rings (SSSR count). The van der Waals surface area contributed by atoms with Crippen LogP contribution in [-0.2, 0) is 33.5 Å². The summed E-state index contributed by atoms with van der Waals surface area (Å²) in [4.78, 5) is 80.1. The maximum atomic E-state index is 14.0. The number of rotatable bonds is 13. The molecule has 8 heteroatoms. The van der Waals surface area contributed by atoms with Crippen LogP contribution < -0.4 is 0 Å². The Labute approximate surface area is 226 Å². The molecule has 0 aromatic carbocycles. The van der Waals surface area contributed by atoms with Crippen molar-refractivity contribution in [2.75, 3.05) is 6.54 Å². The zero-order valence-electron chi connectivity index (χ0n) is 23.9. The van der Waals surface area contributed by atoms with Crippen LogP contribution in [0.2, 0.25) is 0 Å². The third-order valence-electron chi connectivity index (χ3n) is 8.38. The molecule has 0 aromatic heterocycles. The van der Waals surface area contributed by atoms with E-state index in [0.29, 0.717) is 25.7 Å². The highest BCUT2D eigenvalue weighted by Gasteiger charge is 2.54. The summed E-state index contributed by atoms with van der Waals surface area (Å²) in [6, 6.07) is -0.824. The van der Waals surface area contributed by atoms with Crippen LogP contribution in [0.4, 0.5) is 0 Å². The fourth-order valence-corrected chi connectivity index (χ4v) is 6.14. The van der Waals surface area contributed by atoms with E-state index in [1.54, 1.807) is 13.8 Å². The number of carbonyl (C=O) groups excluding carboxylic acids is 6. The number of ether oxygens (including phenoxy) is 1. The van der Waals surface area contributed by atoms with Gasteiger partial charge in [0.15, 0.2) is 11.6 Å². The van der Waals surface area contributed by atoms with E-state index in [1.165, 1.54) is 4.90 Å². The molecule has 1 unspecified atom stereocenters. The molecule has 1 aliphatic heterocycles. The maximum absolute atomic E-state index is 14.0. The third kappa shape index (κ3) is 7.17. The Hall–Kier alpha value is -2.38. The van der Waals surface area contributed by atoms with Gasteiger partial charge in [-0.3, -0.25) is 28.8 Å². The first-order chi connectivity index (χ1) is 17.7. The number of esters is 1. The summed E-state index contributed by atoms with van der Waals surface area (Å²) in [7, 11) is 0. The van der Waals surface area contributed by atoms with Crippen molar-refractivity contribution >= 4 is 35.0 Å². The summed E-state index contributed by atoms with van der Waals surface area (Å²) in [5, 5.41) is 0. The SMILES string of the molecule is CCCC(CC(=O)[C@@H]1[C@H]2CCC(=O)[C@H]2CN1C(=O)[C@@H](CC(=O)OC(C)C)C(C)(C)C)C(=O)C(=O)CC1CC1. The molecule has 5 atom stereocenters. The predicted molar refractivity (Wildman–Crippen MR) is 141 cm³/mol. The lowest BCUT2D eigenvalue weighted by Crippen LogP contribution is -2.49. The number of hydrogen-bond donors (Lipinski definition) is 0. The Morgan fingerprint density at radius 1 is 1.03 bits per heavy atom. The van der Waals surface area contributed by atoms with Crippen LogP contribution in [0.3, 0.4) is 0 Å². The van der Waals surface area contributed by atoms with Gasteiger partial charge in [-0.25, -0.2) is 0 Å². The molecule has 0 radical (unpaired) electrons. The zero-order chi connectivity index (χ0) is 28.4. The van der Waals surface area contributed by atoms with Gasteiger partial charge in [0.05, 0.1) is 24.5 Å². The van der Waals surface area contributed by atoms with E-state index < -0.39 is 46.7 Å². The van der Waals surface area contributed by atoms with Crippen LogP contribution in [0.25, 0.3) is 0 Å². The highest BCUT2D eigenvalue weighted by Crippen LogP contribution is 2.44. The number of Topliss-reactive ketones (excluding diaryl/α,β-unsaturated/α-hetero) is 4. The summed E-state index contributed by atoms with van der Waals surface area (Å²) in [6.07, 6.45) is 3.63. The van der Waals surface area contributed by atoms with Crippen molar-refractivity contribution in [3.05, 3.63) is 0 Å². The Balaban J connectivity index is 1.84. The van der Waals surface area contributed by atoms with Gasteiger partial charge in [-0.15, -0.1) is 0 Å². The molecule has 212 valence electrons. The van der Waals surface area contributed by atoms with E-state index in [4.69, 9.17) is 4.74 Å². The Morgan fingerprint density at radius 2 is 1.68 bits per heavy atom. The van der Waals surface area contributed by atoms with Crippen LogP contribution in [0.1, 0.15) is 99.3 Å². The van der Waals surface area contributed by atoms with Crippen molar-refractivity contribution < 1.29 is 33.5 Å². The number of nitrogens with zero attached hydrogens (tertiary/aromatic N) is 1. The lowest BCUT2D eigenvalue weighted by Gasteiger charge is -2.36. The van der Waals surface area contributed by atoms with E-state index in [0.717, 1.165) is 12.8 Å². The van der Waals surface area contributed by atoms with Gasteiger partial charge in [0.2, 0.25) is 11.7 Å². The third-order valence-corrected chi connectivity index (χ3v) is 8.38. The largest absolute Gasteiger partial charge is 0.463 e. The molecule has 0 aromatic rings. The second-order valence-electron chi connectivity index (χ2n) is 13.0.